The second-order valence-electron chi connectivity index (χ2n) is 6.57. The van der Waals surface area contributed by atoms with Crippen LogP contribution in [0.2, 0.25) is 0 Å². The number of amides is 1. The first-order valence-electron chi connectivity index (χ1n) is 8.33. The lowest BCUT2D eigenvalue weighted by molar-refractivity contribution is 0.0592. The molecule has 2 unspecified atom stereocenters. The quantitative estimate of drug-likeness (QED) is 0.852. The number of aromatic nitrogens is 2. The topological polar surface area (TPSA) is 75.4 Å². The molecule has 2 atom stereocenters. The Labute approximate surface area is 141 Å². The molecule has 3 heterocycles. The lowest BCUT2D eigenvalue weighted by atomic mass is 9.82. The molecule has 0 aliphatic carbocycles. The molecular weight excluding hydrogens is 302 g/mol. The third-order valence-corrected chi connectivity index (χ3v) is 5.16. The number of nitrogen functional groups attached to an aromatic ring is 1. The van der Waals surface area contributed by atoms with Crippen LogP contribution in [0.4, 0.5) is 11.5 Å². The summed E-state index contributed by atoms with van der Waals surface area (Å²) < 4.78 is 0. The van der Waals surface area contributed by atoms with Crippen LogP contribution in [-0.4, -0.2) is 46.5 Å². The van der Waals surface area contributed by atoms with Crippen molar-refractivity contribution < 1.29 is 4.79 Å². The minimum absolute atomic E-state index is 0.0225. The SMILES string of the molecule is Cc1nccnc1N1CC2CCN(C(=O)c3ccccc3N)CC21. The van der Waals surface area contributed by atoms with E-state index < -0.39 is 0 Å². The number of aryl methyl sites for hydroxylation is 1. The number of hydrogen-bond donors (Lipinski definition) is 1. The number of carbonyl (C=O) groups is 1. The zero-order chi connectivity index (χ0) is 16.7. The van der Waals surface area contributed by atoms with Gasteiger partial charge in [-0.05, 0) is 25.5 Å². The summed E-state index contributed by atoms with van der Waals surface area (Å²) in [6.07, 6.45) is 4.47. The van der Waals surface area contributed by atoms with E-state index in [1.807, 2.05) is 24.0 Å². The van der Waals surface area contributed by atoms with Gasteiger partial charge in [-0.3, -0.25) is 9.78 Å². The van der Waals surface area contributed by atoms with Crippen molar-refractivity contribution in [3.05, 3.63) is 47.9 Å². The number of likely N-dealkylation sites (tertiary alicyclic amines) is 1. The highest BCUT2D eigenvalue weighted by Crippen LogP contribution is 2.36. The molecule has 0 saturated carbocycles. The molecule has 124 valence electrons. The number of rotatable bonds is 2. The number of benzene rings is 1. The first-order valence-corrected chi connectivity index (χ1v) is 8.33. The number of hydrogen-bond acceptors (Lipinski definition) is 5. The van der Waals surface area contributed by atoms with Gasteiger partial charge in [0.1, 0.15) is 5.82 Å². The Morgan fingerprint density at radius 2 is 2.00 bits per heavy atom. The molecule has 0 radical (unpaired) electrons. The summed E-state index contributed by atoms with van der Waals surface area (Å²) in [5.74, 6) is 1.59. The summed E-state index contributed by atoms with van der Waals surface area (Å²) in [7, 11) is 0. The van der Waals surface area contributed by atoms with Crippen LogP contribution >= 0.6 is 0 Å². The monoisotopic (exact) mass is 323 g/mol. The molecule has 2 aliphatic rings. The lowest BCUT2D eigenvalue weighted by Crippen LogP contribution is -2.65. The Kier molecular flexibility index (Phi) is 3.59. The zero-order valence-electron chi connectivity index (χ0n) is 13.7. The van der Waals surface area contributed by atoms with Gasteiger partial charge >= 0.3 is 0 Å². The molecule has 0 bridgehead atoms. The number of fused-ring (bicyclic) bond motifs is 1. The van der Waals surface area contributed by atoms with E-state index in [-0.39, 0.29) is 5.91 Å². The second-order valence-corrected chi connectivity index (χ2v) is 6.57. The molecule has 2 aromatic rings. The van der Waals surface area contributed by atoms with Crippen molar-refractivity contribution >= 4 is 17.4 Å². The third kappa shape index (κ3) is 2.38. The molecule has 2 N–H and O–H groups in total. The molecule has 1 aromatic heterocycles. The smallest absolute Gasteiger partial charge is 0.256 e. The Balaban J connectivity index is 1.53. The highest BCUT2D eigenvalue weighted by atomic mass is 16.2. The van der Waals surface area contributed by atoms with Crippen LogP contribution in [0.15, 0.2) is 36.7 Å². The van der Waals surface area contributed by atoms with Crippen LogP contribution in [0.1, 0.15) is 22.5 Å². The number of para-hydroxylation sites is 1. The van der Waals surface area contributed by atoms with Crippen molar-refractivity contribution in [1.82, 2.24) is 14.9 Å². The number of piperidine rings is 1. The summed E-state index contributed by atoms with van der Waals surface area (Å²) >= 11 is 0. The molecular formula is C18H21N5O. The number of nitrogens with zero attached hydrogens (tertiary/aromatic N) is 4. The van der Waals surface area contributed by atoms with Crippen molar-refractivity contribution in [2.75, 3.05) is 30.3 Å². The van der Waals surface area contributed by atoms with Gasteiger partial charge in [0.2, 0.25) is 0 Å². The molecule has 2 fully saturated rings. The fraction of sp³-hybridized carbons (Fsp3) is 0.389. The first-order chi connectivity index (χ1) is 11.6. The van der Waals surface area contributed by atoms with Crippen molar-refractivity contribution in [3.63, 3.8) is 0 Å². The van der Waals surface area contributed by atoms with Crippen LogP contribution in [-0.2, 0) is 0 Å². The van der Waals surface area contributed by atoms with Gasteiger partial charge in [0, 0.05) is 43.6 Å². The predicted molar refractivity (Wildman–Crippen MR) is 92.8 cm³/mol. The summed E-state index contributed by atoms with van der Waals surface area (Å²) in [4.78, 5) is 25.8. The Morgan fingerprint density at radius 1 is 1.21 bits per heavy atom. The van der Waals surface area contributed by atoms with Gasteiger partial charge in [-0.25, -0.2) is 4.98 Å². The minimum Gasteiger partial charge on any atom is -0.398 e. The van der Waals surface area contributed by atoms with E-state index in [1.54, 1.807) is 24.5 Å². The molecule has 6 nitrogen and oxygen atoms in total. The van der Waals surface area contributed by atoms with Gasteiger partial charge in [-0.2, -0.15) is 0 Å². The normalized spacial score (nSPS) is 22.7. The number of carbonyl (C=O) groups excluding carboxylic acids is 1. The van der Waals surface area contributed by atoms with Crippen molar-refractivity contribution in [2.45, 2.75) is 19.4 Å². The summed E-state index contributed by atoms with van der Waals surface area (Å²) in [6.45, 7) is 4.49. The van der Waals surface area contributed by atoms with Crippen LogP contribution in [0.3, 0.4) is 0 Å². The molecule has 4 rings (SSSR count). The molecule has 6 heteroatoms. The first kappa shape index (κ1) is 14.9. The Bertz CT molecular complexity index is 778. The van der Waals surface area contributed by atoms with Crippen LogP contribution < -0.4 is 10.6 Å². The van der Waals surface area contributed by atoms with Crippen molar-refractivity contribution in [1.29, 1.82) is 0 Å². The van der Waals surface area contributed by atoms with Crippen LogP contribution in [0.5, 0.6) is 0 Å². The average molecular weight is 323 g/mol. The van der Waals surface area contributed by atoms with Gasteiger partial charge in [0.25, 0.3) is 5.91 Å². The summed E-state index contributed by atoms with van der Waals surface area (Å²) in [6, 6.07) is 7.61. The van der Waals surface area contributed by atoms with E-state index in [4.69, 9.17) is 5.73 Å². The maximum atomic E-state index is 12.8. The van der Waals surface area contributed by atoms with E-state index in [0.29, 0.717) is 29.8 Å². The molecule has 1 aromatic carbocycles. The van der Waals surface area contributed by atoms with Crippen molar-refractivity contribution in [2.24, 2.45) is 5.92 Å². The van der Waals surface area contributed by atoms with E-state index >= 15 is 0 Å². The summed E-state index contributed by atoms with van der Waals surface area (Å²) in [5, 5.41) is 0. The van der Waals surface area contributed by atoms with Gasteiger partial charge in [0.05, 0.1) is 17.3 Å². The van der Waals surface area contributed by atoms with Gasteiger partial charge in [-0.15, -0.1) is 0 Å². The highest BCUT2D eigenvalue weighted by Gasteiger charge is 2.44. The minimum atomic E-state index is 0.0225. The molecule has 1 amide bonds. The van der Waals surface area contributed by atoms with Crippen LogP contribution in [0.25, 0.3) is 0 Å². The standard InChI is InChI=1S/C18H21N5O/c1-12-17(21-8-7-20-12)23-10-13-6-9-22(11-16(13)23)18(24)14-4-2-3-5-15(14)19/h2-5,7-8,13,16H,6,9-11,19H2,1H3. The molecule has 2 aliphatic heterocycles. The summed E-state index contributed by atoms with van der Waals surface area (Å²) in [5.41, 5.74) is 8.04. The second kappa shape index (κ2) is 5.78. The van der Waals surface area contributed by atoms with E-state index in [0.717, 1.165) is 31.0 Å². The fourth-order valence-electron chi connectivity index (χ4n) is 3.77. The Hall–Kier alpha value is -2.63. The van der Waals surface area contributed by atoms with Crippen LogP contribution in [0, 0.1) is 12.8 Å². The third-order valence-electron chi connectivity index (χ3n) is 5.16. The van der Waals surface area contributed by atoms with E-state index in [2.05, 4.69) is 14.9 Å². The maximum absolute atomic E-state index is 12.8. The van der Waals surface area contributed by atoms with Gasteiger partial charge in [-0.1, -0.05) is 12.1 Å². The number of nitrogens with two attached hydrogens (primary N) is 1. The average Bonchev–Trinajstić information content (AvgIpc) is 2.57. The predicted octanol–water partition coefficient (Wildman–Crippen LogP) is 1.72. The Morgan fingerprint density at radius 3 is 2.79 bits per heavy atom. The molecule has 0 spiro atoms. The maximum Gasteiger partial charge on any atom is 0.256 e. The lowest BCUT2D eigenvalue weighted by Gasteiger charge is -2.54. The zero-order valence-corrected chi connectivity index (χ0v) is 13.7. The van der Waals surface area contributed by atoms with E-state index in [1.165, 1.54) is 0 Å². The van der Waals surface area contributed by atoms with Crippen molar-refractivity contribution in [3.8, 4) is 0 Å². The largest absolute Gasteiger partial charge is 0.398 e. The van der Waals surface area contributed by atoms with Gasteiger partial charge < -0.3 is 15.5 Å². The van der Waals surface area contributed by atoms with E-state index in [9.17, 15) is 4.79 Å². The number of anilines is 2. The fourth-order valence-corrected chi connectivity index (χ4v) is 3.77. The highest BCUT2D eigenvalue weighted by molar-refractivity contribution is 5.99. The van der Waals surface area contributed by atoms with Gasteiger partial charge in [0.15, 0.2) is 0 Å². The molecule has 24 heavy (non-hydrogen) atoms. The molecule has 2 saturated heterocycles.